The van der Waals surface area contributed by atoms with Gasteiger partial charge < -0.3 is 24.9 Å². The molecule has 0 radical (unpaired) electrons. The monoisotopic (exact) mass is 400 g/mol. The maximum atomic E-state index is 12.8. The van der Waals surface area contributed by atoms with Gasteiger partial charge in [0, 0.05) is 6.07 Å². The zero-order chi connectivity index (χ0) is 21.3. The summed E-state index contributed by atoms with van der Waals surface area (Å²) in [5, 5.41) is 13.8. The molecule has 29 heavy (non-hydrogen) atoms. The minimum Gasteiger partial charge on any atom is -0.495 e. The van der Waals surface area contributed by atoms with E-state index in [0.717, 1.165) is 10.5 Å². The minimum atomic E-state index is -1.26. The Morgan fingerprint density at radius 1 is 1.34 bits per heavy atom. The summed E-state index contributed by atoms with van der Waals surface area (Å²) in [6.07, 6.45) is 0. The Kier molecular flexibility index (Phi) is 5.10. The number of carbonyl (C=O) groups excluding carboxylic acids is 2. The second-order valence-corrected chi connectivity index (χ2v) is 7.00. The highest BCUT2D eigenvalue weighted by Gasteiger charge is 2.45. The maximum absolute atomic E-state index is 12.8. The van der Waals surface area contributed by atoms with Crippen molar-refractivity contribution in [3.63, 3.8) is 0 Å². The molecule has 2 amide bonds. The molecular formula is C19H20N4O6. The second-order valence-electron chi connectivity index (χ2n) is 7.00. The van der Waals surface area contributed by atoms with Crippen LogP contribution in [0.4, 0.5) is 17.3 Å². The summed E-state index contributed by atoms with van der Waals surface area (Å²) in [6, 6.07) is 7.83. The number of anilines is 2. The number of amides is 2. The van der Waals surface area contributed by atoms with Crippen LogP contribution in [0.25, 0.3) is 0 Å². The minimum absolute atomic E-state index is 0.0742. The fourth-order valence-electron chi connectivity index (χ4n) is 2.94. The van der Waals surface area contributed by atoms with Crippen LogP contribution in [-0.4, -0.2) is 41.0 Å². The van der Waals surface area contributed by atoms with Crippen molar-refractivity contribution in [2.24, 2.45) is 0 Å². The van der Waals surface area contributed by atoms with Gasteiger partial charge in [0.15, 0.2) is 11.4 Å². The molecule has 1 aromatic heterocycles. The number of hydrogen-bond acceptors (Lipinski definition) is 7. The van der Waals surface area contributed by atoms with Crippen LogP contribution >= 0.6 is 0 Å². The van der Waals surface area contributed by atoms with Gasteiger partial charge in [-0.3, -0.25) is 14.5 Å². The number of ether oxygens (including phenoxy) is 2. The third-order valence-corrected chi connectivity index (χ3v) is 4.32. The molecule has 1 aliphatic heterocycles. The lowest BCUT2D eigenvalue weighted by atomic mass is 10.1. The molecule has 0 bridgehead atoms. The van der Waals surface area contributed by atoms with Crippen LogP contribution in [0.3, 0.4) is 0 Å². The Morgan fingerprint density at radius 3 is 2.72 bits per heavy atom. The Labute approximate surface area is 166 Å². The number of nitrogens with one attached hydrogen (secondary N) is 1. The molecule has 0 spiro atoms. The number of rotatable bonds is 5. The fourth-order valence-corrected chi connectivity index (χ4v) is 2.94. The van der Waals surface area contributed by atoms with Gasteiger partial charge in [0.25, 0.3) is 11.7 Å². The topological polar surface area (TPSA) is 124 Å². The molecule has 2 aromatic rings. The van der Waals surface area contributed by atoms with E-state index in [-0.39, 0.29) is 11.6 Å². The van der Waals surface area contributed by atoms with Gasteiger partial charge in [-0.25, -0.2) is 0 Å². The van der Waals surface area contributed by atoms with Gasteiger partial charge in [-0.1, -0.05) is 6.07 Å². The number of benzene rings is 1. The van der Waals surface area contributed by atoms with Crippen LogP contribution < -0.4 is 19.7 Å². The summed E-state index contributed by atoms with van der Waals surface area (Å²) < 4.78 is 10.9. The van der Waals surface area contributed by atoms with Crippen molar-refractivity contribution in [3.05, 3.63) is 46.0 Å². The Bertz CT molecular complexity index is 1000. The largest absolute Gasteiger partial charge is 0.495 e. The molecule has 0 atom stereocenters. The van der Waals surface area contributed by atoms with E-state index in [0.29, 0.717) is 11.4 Å². The van der Waals surface area contributed by atoms with Crippen molar-refractivity contribution >= 4 is 29.1 Å². The van der Waals surface area contributed by atoms with E-state index < -0.39 is 34.7 Å². The number of methoxy groups -OCH3 is 1. The first-order valence-electron chi connectivity index (χ1n) is 8.73. The Hall–Kier alpha value is -3.69. The molecule has 3 rings (SSSR count). The number of nitro groups is 1. The summed E-state index contributed by atoms with van der Waals surface area (Å²) in [7, 11) is 1.48. The first-order valence-corrected chi connectivity index (χ1v) is 8.73. The lowest BCUT2D eigenvalue weighted by Crippen LogP contribution is -2.54. The lowest BCUT2D eigenvalue weighted by molar-refractivity contribution is -0.389. The van der Waals surface area contributed by atoms with Crippen LogP contribution in [0, 0.1) is 17.0 Å². The summed E-state index contributed by atoms with van der Waals surface area (Å²) >= 11 is 0. The number of pyridine rings is 1. The lowest BCUT2D eigenvalue weighted by Gasteiger charge is -2.35. The van der Waals surface area contributed by atoms with Gasteiger partial charge in [-0.15, -0.1) is 0 Å². The molecule has 0 saturated heterocycles. The molecular weight excluding hydrogens is 380 g/mol. The predicted octanol–water partition coefficient (Wildman–Crippen LogP) is 2.45. The SMILES string of the molecule is COc1ccc(C)cc1NC(=O)CN1C(=O)C(C)(C)Oc2ccc([N+](=O)[O-])nc21. The fraction of sp³-hybridized carbons (Fsp3) is 0.316. The van der Waals surface area contributed by atoms with Crippen LogP contribution in [0.15, 0.2) is 30.3 Å². The number of carbonyl (C=O) groups is 2. The molecule has 2 heterocycles. The number of nitrogens with zero attached hydrogens (tertiary/aromatic N) is 3. The average molecular weight is 400 g/mol. The summed E-state index contributed by atoms with van der Waals surface area (Å²) in [5.41, 5.74) is 0.101. The van der Waals surface area contributed by atoms with Gasteiger partial charge in [-0.05, 0) is 54.4 Å². The normalized spacial score (nSPS) is 14.6. The first-order chi connectivity index (χ1) is 13.6. The number of aromatic nitrogens is 1. The van der Waals surface area contributed by atoms with Crippen molar-refractivity contribution in [1.82, 2.24) is 4.98 Å². The van der Waals surface area contributed by atoms with Gasteiger partial charge in [0.2, 0.25) is 5.91 Å². The highest BCUT2D eigenvalue weighted by atomic mass is 16.6. The van der Waals surface area contributed by atoms with E-state index in [1.165, 1.54) is 19.2 Å². The van der Waals surface area contributed by atoms with Crippen LogP contribution in [0.2, 0.25) is 0 Å². The number of hydrogen-bond donors (Lipinski definition) is 1. The van der Waals surface area contributed by atoms with Crippen molar-refractivity contribution in [3.8, 4) is 11.5 Å². The first kappa shape index (κ1) is 20.1. The van der Waals surface area contributed by atoms with Crippen molar-refractivity contribution in [1.29, 1.82) is 0 Å². The molecule has 0 saturated carbocycles. The van der Waals surface area contributed by atoms with E-state index in [1.54, 1.807) is 26.0 Å². The zero-order valence-corrected chi connectivity index (χ0v) is 16.4. The van der Waals surface area contributed by atoms with Gasteiger partial charge in [-0.2, -0.15) is 0 Å². The molecule has 152 valence electrons. The van der Waals surface area contributed by atoms with Crippen LogP contribution in [0.5, 0.6) is 11.5 Å². The van der Waals surface area contributed by atoms with E-state index >= 15 is 0 Å². The molecule has 1 N–H and O–H groups in total. The van der Waals surface area contributed by atoms with E-state index in [1.807, 2.05) is 13.0 Å². The Balaban J connectivity index is 1.92. The Morgan fingerprint density at radius 2 is 2.07 bits per heavy atom. The highest BCUT2D eigenvalue weighted by molar-refractivity contribution is 6.07. The smallest absolute Gasteiger partial charge is 0.366 e. The zero-order valence-electron chi connectivity index (χ0n) is 16.4. The van der Waals surface area contributed by atoms with Crippen LogP contribution in [0.1, 0.15) is 19.4 Å². The summed E-state index contributed by atoms with van der Waals surface area (Å²) in [5.74, 6) is -0.933. The molecule has 0 aliphatic carbocycles. The number of fused-ring (bicyclic) bond motifs is 1. The van der Waals surface area contributed by atoms with Gasteiger partial charge in [0.1, 0.15) is 12.3 Å². The van der Waals surface area contributed by atoms with Crippen molar-refractivity contribution < 1.29 is 24.0 Å². The molecule has 0 fully saturated rings. The third-order valence-electron chi connectivity index (χ3n) is 4.32. The molecule has 1 aliphatic rings. The van der Waals surface area contributed by atoms with Crippen LogP contribution in [-0.2, 0) is 9.59 Å². The maximum Gasteiger partial charge on any atom is 0.366 e. The standard InChI is InChI=1S/C19H20N4O6/c1-11-5-6-13(28-4)12(9-11)20-16(24)10-22-17-14(29-19(2,3)18(22)25)7-8-15(21-17)23(26)27/h5-9H,10H2,1-4H3,(H,20,24). The average Bonchev–Trinajstić information content (AvgIpc) is 2.65. The summed E-state index contributed by atoms with van der Waals surface area (Å²) in [6.45, 7) is 4.56. The van der Waals surface area contributed by atoms with Gasteiger partial charge >= 0.3 is 5.82 Å². The molecule has 10 nitrogen and oxygen atoms in total. The predicted molar refractivity (Wildman–Crippen MR) is 104 cm³/mol. The number of aryl methyl sites for hydroxylation is 1. The molecule has 10 heteroatoms. The van der Waals surface area contributed by atoms with Crippen molar-refractivity contribution in [2.45, 2.75) is 26.4 Å². The quantitative estimate of drug-likeness (QED) is 0.604. The van der Waals surface area contributed by atoms with Gasteiger partial charge in [0.05, 0.1) is 12.8 Å². The van der Waals surface area contributed by atoms with Crippen molar-refractivity contribution in [2.75, 3.05) is 23.9 Å². The van der Waals surface area contributed by atoms with E-state index in [4.69, 9.17) is 9.47 Å². The third kappa shape index (κ3) is 3.96. The summed E-state index contributed by atoms with van der Waals surface area (Å²) in [4.78, 5) is 40.9. The highest BCUT2D eigenvalue weighted by Crippen LogP contribution is 2.37. The van der Waals surface area contributed by atoms with E-state index in [2.05, 4.69) is 10.3 Å². The molecule has 0 unspecified atom stereocenters. The molecule has 1 aromatic carbocycles. The van der Waals surface area contributed by atoms with E-state index in [9.17, 15) is 19.7 Å². The second kappa shape index (κ2) is 7.38.